The first-order valence-electron chi connectivity index (χ1n) is 10.4. The van der Waals surface area contributed by atoms with Crippen LogP contribution < -0.4 is 19.7 Å². The summed E-state index contributed by atoms with van der Waals surface area (Å²) in [6.07, 6.45) is 1.59. The number of alkyl halides is 3. The zero-order chi connectivity index (χ0) is 23.8. The Balaban J connectivity index is 1.66. The van der Waals surface area contributed by atoms with Crippen LogP contribution in [0.4, 0.5) is 20.2 Å². The number of anilines is 2. The molecule has 1 atom stereocenters. The molecule has 2 N–H and O–H groups in total. The zero-order valence-corrected chi connectivity index (χ0v) is 19.0. The van der Waals surface area contributed by atoms with Gasteiger partial charge < -0.3 is 19.7 Å². The van der Waals surface area contributed by atoms with E-state index in [2.05, 4.69) is 39.0 Å². The quantitative estimate of drug-likeness (QED) is 0.460. The van der Waals surface area contributed by atoms with Gasteiger partial charge in [0.25, 0.3) is 5.91 Å². The SMILES string of the molecule is CC1CN(C(C)C)c2c(cc(C(=O)Nc3ccc(OC(F)(F)Cl)cc3)cc2-c2ccn[nH]2)O1. The van der Waals surface area contributed by atoms with Crippen LogP contribution in [0.3, 0.4) is 0 Å². The molecule has 3 aromatic rings. The van der Waals surface area contributed by atoms with E-state index in [0.717, 1.165) is 16.9 Å². The number of H-pyrrole nitrogens is 1. The Kier molecular flexibility index (Phi) is 6.16. The van der Waals surface area contributed by atoms with Gasteiger partial charge in [-0.05, 0) is 63.2 Å². The van der Waals surface area contributed by atoms with Crippen molar-refractivity contribution >= 4 is 28.9 Å². The Morgan fingerprint density at radius 1 is 1.30 bits per heavy atom. The number of nitrogens with one attached hydrogen (secondary N) is 2. The maximum Gasteiger partial charge on any atom is 0.487 e. The second kappa shape index (κ2) is 8.90. The van der Waals surface area contributed by atoms with Gasteiger partial charge in [0.2, 0.25) is 0 Å². The number of ether oxygens (including phenoxy) is 2. The Bertz CT molecular complexity index is 1130. The van der Waals surface area contributed by atoms with Crippen LogP contribution in [0.1, 0.15) is 31.1 Å². The zero-order valence-electron chi connectivity index (χ0n) is 18.2. The van der Waals surface area contributed by atoms with E-state index in [-0.39, 0.29) is 23.8 Å². The van der Waals surface area contributed by atoms with E-state index in [1.54, 1.807) is 18.3 Å². The third kappa shape index (κ3) is 5.19. The normalized spacial score (nSPS) is 15.7. The molecule has 0 saturated carbocycles. The van der Waals surface area contributed by atoms with Crippen molar-refractivity contribution in [3.63, 3.8) is 0 Å². The topological polar surface area (TPSA) is 79.5 Å². The molecule has 1 aliphatic heterocycles. The monoisotopic (exact) mass is 476 g/mol. The molecule has 0 spiro atoms. The van der Waals surface area contributed by atoms with Gasteiger partial charge in [0.05, 0.1) is 17.9 Å². The Hall–Kier alpha value is -3.33. The van der Waals surface area contributed by atoms with Gasteiger partial charge in [-0.1, -0.05) is 0 Å². The molecule has 1 aliphatic rings. The molecule has 0 radical (unpaired) electrons. The number of amides is 1. The highest BCUT2D eigenvalue weighted by Crippen LogP contribution is 2.43. The maximum atomic E-state index is 13.1. The molecule has 1 amide bonds. The summed E-state index contributed by atoms with van der Waals surface area (Å²) in [5, 5.41) is 9.78. The summed E-state index contributed by atoms with van der Waals surface area (Å²) in [7, 11) is 0. The van der Waals surface area contributed by atoms with Crippen molar-refractivity contribution in [2.24, 2.45) is 0 Å². The molecule has 4 rings (SSSR count). The summed E-state index contributed by atoms with van der Waals surface area (Å²) in [4.78, 5) is 15.3. The molecule has 0 saturated heterocycles. The van der Waals surface area contributed by atoms with Gasteiger partial charge in [0, 0.05) is 40.7 Å². The average molecular weight is 477 g/mol. The van der Waals surface area contributed by atoms with Crippen molar-refractivity contribution in [1.82, 2.24) is 10.2 Å². The van der Waals surface area contributed by atoms with E-state index in [4.69, 9.17) is 16.3 Å². The van der Waals surface area contributed by atoms with Gasteiger partial charge in [0.1, 0.15) is 17.6 Å². The predicted molar refractivity (Wildman–Crippen MR) is 122 cm³/mol. The molecule has 0 bridgehead atoms. The lowest BCUT2D eigenvalue weighted by atomic mass is 10.00. The average Bonchev–Trinajstić information content (AvgIpc) is 3.27. The lowest BCUT2D eigenvalue weighted by Crippen LogP contribution is -2.42. The maximum absolute atomic E-state index is 13.1. The Morgan fingerprint density at radius 2 is 2.03 bits per heavy atom. The van der Waals surface area contributed by atoms with Crippen LogP contribution in [0, 0.1) is 0 Å². The highest BCUT2D eigenvalue weighted by atomic mass is 35.5. The minimum Gasteiger partial charge on any atom is -0.487 e. The summed E-state index contributed by atoms with van der Waals surface area (Å²) >= 11 is 4.78. The fraction of sp³-hybridized carbons (Fsp3) is 0.304. The smallest absolute Gasteiger partial charge is 0.487 e. The molecule has 1 unspecified atom stereocenters. The van der Waals surface area contributed by atoms with E-state index < -0.39 is 5.57 Å². The van der Waals surface area contributed by atoms with Crippen molar-refractivity contribution < 1.29 is 23.0 Å². The number of rotatable bonds is 6. The number of nitrogens with zero attached hydrogens (tertiary/aromatic N) is 2. The van der Waals surface area contributed by atoms with Crippen molar-refractivity contribution in [3.05, 3.63) is 54.2 Å². The third-order valence-electron chi connectivity index (χ3n) is 5.17. The molecule has 1 aromatic heterocycles. The summed E-state index contributed by atoms with van der Waals surface area (Å²) in [6, 6.07) is 11.0. The van der Waals surface area contributed by atoms with Crippen molar-refractivity contribution in [1.29, 1.82) is 0 Å². The lowest BCUT2D eigenvalue weighted by molar-refractivity contribution is -0.0964. The predicted octanol–water partition coefficient (Wildman–Crippen LogP) is 5.49. The molecule has 7 nitrogen and oxygen atoms in total. The third-order valence-corrected chi connectivity index (χ3v) is 5.24. The summed E-state index contributed by atoms with van der Waals surface area (Å²) in [5.74, 6) is 0.0973. The second-order valence-electron chi connectivity index (χ2n) is 8.04. The highest BCUT2D eigenvalue weighted by molar-refractivity contribution is 6.20. The fourth-order valence-electron chi connectivity index (χ4n) is 3.77. The van der Waals surface area contributed by atoms with Crippen LogP contribution in [-0.2, 0) is 0 Å². The van der Waals surface area contributed by atoms with E-state index >= 15 is 0 Å². The van der Waals surface area contributed by atoms with E-state index in [1.165, 1.54) is 24.3 Å². The van der Waals surface area contributed by atoms with E-state index in [1.807, 2.05) is 13.0 Å². The fourth-order valence-corrected chi connectivity index (χ4v) is 3.86. The van der Waals surface area contributed by atoms with E-state index in [9.17, 15) is 13.6 Å². The standard InChI is InChI=1S/C23H23ClF2N4O3/c1-13(2)30-12-14(3)32-20-11-15(10-18(21(20)30)19-8-9-27-29-19)22(31)28-16-4-6-17(7-5-16)33-23(24,25)26/h4-11,13-14H,12H2,1-3H3,(H,27,29)(H,28,31). The van der Waals surface area contributed by atoms with Crippen LogP contribution >= 0.6 is 11.6 Å². The molecule has 10 heteroatoms. The van der Waals surface area contributed by atoms with Crippen LogP contribution in [0.15, 0.2) is 48.7 Å². The first-order valence-corrected chi connectivity index (χ1v) is 10.8. The van der Waals surface area contributed by atoms with Crippen LogP contribution in [-0.4, -0.2) is 40.4 Å². The first kappa shape index (κ1) is 22.8. The molecular weight excluding hydrogens is 454 g/mol. The number of hydrogen-bond acceptors (Lipinski definition) is 5. The number of aromatic nitrogens is 2. The summed E-state index contributed by atoms with van der Waals surface area (Å²) in [5.41, 5.74) is -0.574. The number of carbonyl (C=O) groups is 1. The highest BCUT2D eigenvalue weighted by Gasteiger charge is 2.30. The lowest BCUT2D eigenvalue weighted by Gasteiger charge is -2.39. The molecule has 2 aromatic carbocycles. The Morgan fingerprint density at radius 3 is 2.64 bits per heavy atom. The van der Waals surface area contributed by atoms with Crippen molar-refractivity contribution in [3.8, 4) is 22.8 Å². The molecule has 174 valence electrons. The van der Waals surface area contributed by atoms with Gasteiger partial charge in [-0.2, -0.15) is 5.10 Å². The summed E-state index contributed by atoms with van der Waals surface area (Å²) < 4.78 is 36.0. The number of aromatic amines is 1. The second-order valence-corrected chi connectivity index (χ2v) is 8.48. The first-order chi connectivity index (χ1) is 15.6. The molecule has 0 fully saturated rings. The number of benzene rings is 2. The molecular formula is C23H23ClF2N4O3. The molecule has 33 heavy (non-hydrogen) atoms. The van der Waals surface area contributed by atoms with Crippen molar-refractivity contribution in [2.75, 3.05) is 16.8 Å². The van der Waals surface area contributed by atoms with Gasteiger partial charge in [-0.25, -0.2) is 0 Å². The number of fused-ring (bicyclic) bond motifs is 1. The van der Waals surface area contributed by atoms with Crippen LogP contribution in [0.5, 0.6) is 11.5 Å². The van der Waals surface area contributed by atoms with Crippen LogP contribution in [0.2, 0.25) is 0 Å². The van der Waals surface area contributed by atoms with Gasteiger partial charge in [-0.15, -0.1) is 8.78 Å². The molecule has 2 heterocycles. The summed E-state index contributed by atoms with van der Waals surface area (Å²) in [6.45, 7) is 6.90. The number of halogens is 3. The minimum absolute atomic E-state index is 0.0552. The van der Waals surface area contributed by atoms with Gasteiger partial charge in [-0.3, -0.25) is 9.89 Å². The minimum atomic E-state index is -3.81. The van der Waals surface area contributed by atoms with E-state index in [0.29, 0.717) is 23.5 Å². The number of hydrogen-bond donors (Lipinski definition) is 2. The number of carbonyl (C=O) groups excluding carboxylic acids is 1. The van der Waals surface area contributed by atoms with Crippen LogP contribution in [0.25, 0.3) is 11.3 Å². The van der Waals surface area contributed by atoms with Crippen molar-refractivity contribution in [2.45, 2.75) is 38.5 Å². The Labute approximate surface area is 194 Å². The van der Waals surface area contributed by atoms with Gasteiger partial charge in [0.15, 0.2) is 0 Å². The largest absolute Gasteiger partial charge is 0.487 e. The van der Waals surface area contributed by atoms with Gasteiger partial charge >= 0.3 is 5.57 Å². The molecule has 0 aliphatic carbocycles.